The summed E-state index contributed by atoms with van der Waals surface area (Å²) in [5, 5.41) is -0.254. The minimum absolute atomic E-state index is 0.0135. The number of furan rings is 1. The molecule has 1 saturated carbocycles. The molecule has 0 radical (unpaired) electrons. The summed E-state index contributed by atoms with van der Waals surface area (Å²) in [7, 11) is -2.15. The Morgan fingerprint density at radius 2 is 2.22 bits per heavy atom. The molecule has 0 amide bonds. The lowest BCUT2D eigenvalue weighted by Crippen LogP contribution is -2.49. The fourth-order valence-electron chi connectivity index (χ4n) is 1.86. The molecule has 1 aromatic heterocycles. The Morgan fingerprint density at radius 1 is 1.50 bits per heavy atom. The number of hydrogen-bond donors (Lipinski definition) is 1. The van der Waals surface area contributed by atoms with Crippen LogP contribution in [0.15, 0.2) is 21.6 Å². The van der Waals surface area contributed by atoms with E-state index in [0.29, 0.717) is 6.29 Å². The van der Waals surface area contributed by atoms with Gasteiger partial charge >= 0.3 is 0 Å². The molecule has 1 fully saturated rings. The topological polar surface area (TPSA) is 85.6 Å². The van der Waals surface area contributed by atoms with Crippen molar-refractivity contribution in [2.24, 2.45) is 0 Å². The molecule has 7 heteroatoms. The predicted octanol–water partition coefficient (Wildman–Crippen LogP) is 0.940. The highest BCUT2D eigenvalue weighted by Crippen LogP contribution is 2.34. The molecule has 2 rings (SSSR count). The van der Waals surface area contributed by atoms with Crippen molar-refractivity contribution >= 4 is 16.3 Å². The van der Waals surface area contributed by atoms with E-state index >= 15 is 0 Å². The van der Waals surface area contributed by atoms with Crippen LogP contribution >= 0.6 is 0 Å². The average molecular weight is 273 g/mol. The molecule has 1 heterocycles. The van der Waals surface area contributed by atoms with Gasteiger partial charge in [-0.05, 0) is 31.4 Å². The van der Waals surface area contributed by atoms with Gasteiger partial charge in [0.05, 0.1) is 5.60 Å². The molecule has 1 N–H and O–H groups in total. The Balaban J connectivity index is 2.05. The zero-order chi connectivity index (χ0) is 13.2. The van der Waals surface area contributed by atoms with Gasteiger partial charge in [0, 0.05) is 13.7 Å². The van der Waals surface area contributed by atoms with E-state index in [2.05, 4.69) is 4.72 Å². The first kappa shape index (κ1) is 13.3. The third kappa shape index (κ3) is 2.47. The van der Waals surface area contributed by atoms with Crippen LogP contribution < -0.4 is 4.72 Å². The largest absolute Gasteiger partial charge is 0.440 e. The predicted molar refractivity (Wildman–Crippen MR) is 62.9 cm³/mol. The summed E-state index contributed by atoms with van der Waals surface area (Å²) in [6.07, 6.45) is 3.17. The molecular formula is C11H15NO5S. The second kappa shape index (κ2) is 4.83. The van der Waals surface area contributed by atoms with E-state index in [1.807, 2.05) is 0 Å². The molecule has 0 unspecified atom stereocenters. The van der Waals surface area contributed by atoms with Crippen LogP contribution in [0.2, 0.25) is 0 Å². The van der Waals surface area contributed by atoms with Gasteiger partial charge in [-0.25, -0.2) is 13.1 Å². The maximum Gasteiger partial charge on any atom is 0.274 e. The Labute approximate surface area is 105 Å². The first-order valence-electron chi connectivity index (χ1n) is 5.61. The van der Waals surface area contributed by atoms with Crippen LogP contribution in [0.3, 0.4) is 0 Å². The lowest BCUT2D eigenvalue weighted by molar-refractivity contribution is -0.0659. The smallest absolute Gasteiger partial charge is 0.274 e. The molecule has 100 valence electrons. The average Bonchev–Trinajstić information content (AvgIpc) is 2.77. The maximum absolute atomic E-state index is 11.9. The summed E-state index contributed by atoms with van der Waals surface area (Å²) in [6.45, 7) is 0.211. The molecule has 0 saturated heterocycles. The lowest BCUT2D eigenvalue weighted by atomic mass is 9.80. The van der Waals surface area contributed by atoms with Gasteiger partial charge in [-0.2, -0.15) is 0 Å². The van der Waals surface area contributed by atoms with Gasteiger partial charge in [0.25, 0.3) is 10.0 Å². The summed E-state index contributed by atoms with van der Waals surface area (Å²) in [5.41, 5.74) is -0.396. The van der Waals surface area contributed by atoms with Gasteiger partial charge in [0.15, 0.2) is 12.0 Å². The first-order chi connectivity index (χ1) is 8.51. The second-order valence-electron chi connectivity index (χ2n) is 4.34. The van der Waals surface area contributed by atoms with E-state index in [-0.39, 0.29) is 17.4 Å². The van der Waals surface area contributed by atoms with Crippen LogP contribution in [0.1, 0.15) is 29.8 Å². The van der Waals surface area contributed by atoms with Crippen molar-refractivity contribution in [3.63, 3.8) is 0 Å². The highest BCUT2D eigenvalue weighted by atomic mass is 32.2. The van der Waals surface area contributed by atoms with Crippen molar-refractivity contribution in [1.29, 1.82) is 0 Å². The van der Waals surface area contributed by atoms with Gasteiger partial charge in [-0.1, -0.05) is 0 Å². The number of carbonyl (C=O) groups excluding carboxylic acids is 1. The highest BCUT2D eigenvalue weighted by molar-refractivity contribution is 7.89. The van der Waals surface area contributed by atoms with Crippen molar-refractivity contribution in [2.75, 3.05) is 13.7 Å². The number of aldehydes is 1. The quantitative estimate of drug-likeness (QED) is 0.780. The number of hydrogen-bond acceptors (Lipinski definition) is 5. The van der Waals surface area contributed by atoms with E-state index in [1.165, 1.54) is 12.1 Å². The Bertz CT molecular complexity index is 524. The Kier molecular flexibility index (Phi) is 3.56. The highest BCUT2D eigenvalue weighted by Gasteiger charge is 2.38. The van der Waals surface area contributed by atoms with Crippen LogP contribution in [0.5, 0.6) is 0 Å². The lowest BCUT2D eigenvalue weighted by Gasteiger charge is -2.40. The SMILES string of the molecule is COC1(CNS(=O)(=O)c2ccc(C=O)o2)CCC1. The number of rotatable bonds is 6. The van der Waals surface area contributed by atoms with E-state index in [1.54, 1.807) is 7.11 Å². The van der Waals surface area contributed by atoms with Crippen LogP contribution in [0.25, 0.3) is 0 Å². The normalized spacial score (nSPS) is 18.3. The number of nitrogens with one attached hydrogen (secondary N) is 1. The van der Waals surface area contributed by atoms with Gasteiger partial charge in [0.2, 0.25) is 5.09 Å². The zero-order valence-corrected chi connectivity index (χ0v) is 10.8. The summed E-state index contributed by atoms with van der Waals surface area (Å²) < 4.78 is 36.4. The zero-order valence-electron chi connectivity index (χ0n) is 10.0. The van der Waals surface area contributed by atoms with Gasteiger partial charge in [0.1, 0.15) is 0 Å². The molecule has 0 spiro atoms. The number of sulfonamides is 1. The molecule has 0 aliphatic heterocycles. The minimum Gasteiger partial charge on any atom is -0.440 e. The van der Waals surface area contributed by atoms with Crippen LogP contribution in [0.4, 0.5) is 0 Å². The fraction of sp³-hybridized carbons (Fsp3) is 0.545. The van der Waals surface area contributed by atoms with Crippen LogP contribution in [0, 0.1) is 0 Å². The number of carbonyl (C=O) groups is 1. The summed E-state index contributed by atoms with van der Waals surface area (Å²) in [5.74, 6) is -0.0135. The molecular weight excluding hydrogens is 258 g/mol. The van der Waals surface area contributed by atoms with Crippen molar-refractivity contribution in [3.8, 4) is 0 Å². The summed E-state index contributed by atoms with van der Waals surface area (Å²) in [4.78, 5) is 10.4. The molecule has 0 bridgehead atoms. The van der Waals surface area contributed by atoms with Gasteiger partial charge in [-0.15, -0.1) is 0 Å². The number of ether oxygens (including phenoxy) is 1. The number of methoxy groups -OCH3 is 1. The molecule has 1 aromatic rings. The fourth-order valence-corrected chi connectivity index (χ4v) is 2.91. The molecule has 1 aliphatic carbocycles. The van der Waals surface area contributed by atoms with E-state index in [9.17, 15) is 13.2 Å². The van der Waals surface area contributed by atoms with Crippen molar-refractivity contribution in [3.05, 3.63) is 17.9 Å². The Hall–Kier alpha value is -1.18. The Morgan fingerprint density at radius 3 is 2.67 bits per heavy atom. The first-order valence-corrected chi connectivity index (χ1v) is 7.09. The maximum atomic E-state index is 11.9. The third-order valence-electron chi connectivity index (χ3n) is 3.27. The van der Waals surface area contributed by atoms with Crippen LogP contribution in [-0.4, -0.2) is 34.0 Å². The van der Waals surface area contributed by atoms with Crippen LogP contribution in [-0.2, 0) is 14.8 Å². The summed E-state index contributed by atoms with van der Waals surface area (Å²) in [6, 6.07) is 2.57. The molecule has 0 aromatic carbocycles. The molecule has 6 nitrogen and oxygen atoms in total. The van der Waals surface area contributed by atoms with E-state index in [4.69, 9.17) is 9.15 Å². The van der Waals surface area contributed by atoms with Crippen molar-refractivity contribution < 1.29 is 22.4 Å². The van der Waals surface area contributed by atoms with Gasteiger partial charge < -0.3 is 9.15 Å². The van der Waals surface area contributed by atoms with Crippen molar-refractivity contribution in [1.82, 2.24) is 4.72 Å². The van der Waals surface area contributed by atoms with E-state index in [0.717, 1.165) is 19.3 Å². The minimum atomic E-state index is -3.72. The molecule has 18 heavy (non-hydrogen) atoms. The third-order valence-corrected chi connectivity index (χ3v) is 4.54. The van der Waals surface area contributed by atoms with Gasteiger partial charge in [-0.3, -0.25) is 4.79 Å². The monoisotopic (exact) mass is 273 g/mol. The standard InChI is InChI=1S/C11H15NO5S/c1-16-11(5-2-6-11)8-12-18(14,15)10-4-3-9(7-13)17-10/h3-4,7,12H,2,5-6,8H2,1H3. The second-order valence-corrected chi connectivity index (χ2v) is 6.04. The molecule has 1 aliphatic rings. The van der Waals surface area contributed by atoms with Crippen molar-refractivity contribution in [2.45, 2.75) is 30.0 Å². The molecule has 0 atom stereocenters. The van der Waals surface area contributed by atoms with E-state index < -0.39 is 15.6 Å². The summed E-state index contributed by atoms with van der Waals surface area (Å²) >= 11 is 0.